The minimum atomic E-state index is 0.0435. The number of carbonyl (C=O) groups is 1. The average Bonchev–Trinajstić information content (AvgIpc) is 2.95. The predicted octanol–water partition coefficient (Wildman–Crippen LogP) is 1.28. The molecule has 0 fully saturated rings. The first-order chi connectivity index (χ1) is 10.7. The summed E-state index contributed by atoms with van der Waals surface area (Å²) in [6.07, 6.45) is 2.25. The van der Waals surface area contributed by atoms with Crippen molar-refractivity contribution in [2.24, 2.45) is 0 Å². The van der Waals surface area contributed by atoms with Gasteiger partial charge in [0.1, 0.15) is 0 Å². The van der Waals surface area contributed by atoms with Crippen molar-refractivity contribution in [1.29, 1.82) is 0 Å². The van der Waals surface area contributed by atoms with Gasteiger partial charge in [-0.05, 0) is 25.1 Å². The van der Waals surface area contributed by atoms with Crippen molar-refractivity contribution in [2.45, 2.75) is 32.5 Å². The number of amides is 1. The van der Waals surface area contributed by atoms with Gasteiger partial charge in [-0.25, -0.2) is 0 Å². The van der Waals surface area contributed by atoms with Crippen LogP contribution in [0, 0.1) is 6.92 Å². The van der Waals surface area contributed by atoms with E-state index in [9.17, 15) is 4.79 Å². The summed E-state index contributed by atoms with van der Waals surface area (Å²) in [5.41, 5.74) is 3.24. The van der Waals surface area contributed by atoms with Crippen LogP contribution in [0.15, 0.2) is 30.5 Å². The Hall–Kier alpha value is -2.21. The summed E-state index contributed by atoms with van der Waals surface area (Å²) in [5, 5.41) is 7.07. The van der Waals surface area contributed by atoms with Crippen LogP contribution in [0.4, 0.5) is 0 Å². The van der Waals surface area contributed by atoms with Gasteiger partial charge in [0.25, 0.3) is 0 Å². The zero-order chi connectivity index (χ0) is 15.5. The second kappa shape index (κ2) is 6.27. The van der Waals surface area contributed by atoms with Crippen LogP contribution in [-0.2, 0) is 17.9 Å². The molecule has 116 valence electrons. The maximum atomic E-state index is 11.7. The lowest BCUT2D eigenvalue weighted by Gasteiger charge is -2.33. The number of hydrogen-bond acceptors (Lipinski definition) is 4. The molecular formula is C16H21N5O. The first-order valence-corrected chi connectivity index (χ1v) is 7.53. The Morgan fingerprint density at radius 1 is 1.41 bits per heavy atom. The van der Waals surface area contributed by atoms with Crippen molar-refractivity contribution in [3.8, 4) is 0 Å². The van der Waals surface area contributed by atoms with Gasteiger partial charge in [-0.1, -0.05) is 6.07 Å². The number of hydrogen-bond donors (Lipinski definition) is 1. The Morgan fingerprint density at radius 3 is 3.05 bits per heavy atom. The molecule has 1 aliphatic rings. The number of aryl methyl sites for hydroxylation is 1. The molecule has 0 aliphatic carbocycles. The summed E-state index contributed by atoms with van der Waals surface area (Å²) >= 11 is 0. The highest BCUT2D eigenvalue weighted by Crippen LogP contribution is 2.24. The smallest absolute Gasteiger partial charge is 0.221 e. The van der Waals surface area contributed by atoms with E-state index in [1.807, 2.05) is 35.9 Å². The summed E-state index contributed by atoms with van der Waals surface area (Å²) in [4.78, 5) is 18.6. The predicted molar refractivity (Wildman–Crippen MR) is 83.0 cm³/mol. The van der Waals surface area contributed by atoms with Crippen LogP contribution < -0.4 is 5.32 Å². The van der Waals surface area contributed by atoms with Gasteiger partial charge in [-0.2, -0.15) is 5.10 Å². The largest absolute Gasteiger partial charge is 0.359 e. The van der Waals surface area contributed by atoms with Crippen molar-refractivity contribution in [3.05, 3.63) is 47.5 Å². The van der Waals surface area contributed by atoms with Gasteiger partial charge in [-0.15, -0.1) is 0 Å². The molecule has 6 nitrogen and oxygen atoms in total. The quantitative estimate of drug-likeness (QED) is 0.924. The van der Waals surface area contributed by atoms with E-state index in [0.717, 1.165) is 36.7 Å². The zero-order valence-corrected chi connectivity index (χ0v) is 13.0. The summed E-state index contributed by atoms with van der Waals surface area (Å²) in [6.45, 7) is 4.43. The first-order valence-electron chi connectivity index (χ1n) is 7.53. The minimum absolute atomic E-state index is 0.0435. The fourth-order valence-corrected chi connectivity index (χ4v) is 2.97. The SMILES string of the molecule is CNC(=O)CC1CN(Cc2cccc(C)n2)Cc2ccnn21. The van der Waals surface area contributed by atoms with E-state index < -0.39 is 0 Å². The summed E-state index contributed by atoms with van der Waals surface area (Å²) in [6, 6.07) is 8.18. The molecule has 0 spiro atoms. The van der Waals surface area contributed by atoms with E-state index in [2.05, 4.69) is 20.3 Å². The molecule has 1 N–H and O–H groups in total. The van der Waals surface area contributed by atoms with Gasteiger partial charge < -0.3 is 5.32 Å². The molecule has 0 saturated carbocycles. The minimum Gasteiger partial charge on any atom is -0.359 e. The van der Waals surface area contributed by atoms with E-state index in [0.29, 0.717) is 6.42 Å². The third-order valence-corrected chi connectivity index (χ3v) is 3.98. The standard InChI is InChI=1S/C16H21N5O/c1-12-4-3-5-13(19-12)9-20-10-14-6-7-18-21(14)15(11-20)8-16(22)17-2/h3-7,15H,8-11H2,1-2H3,(H,17,22). The van der Waals surface area contributed by atoms with Crippen LogP contribution in [-0.4, -0.2) is 39.2 Å². The van der Waals surface area contributed by atoms with Gasteiger partial charge in [0.05, 0.1) is 23.9 Å². The first kappa shape index (κ1) is 14.7. The molecule has 6 heteroatoms. The maximum Gasteiger partial charge on any atom is 0.221 e. The average molecular weight is 299 g/mol. The molecule has 0 bridgehead atoms. The molecule has 2 aromatic rings. The van der Waals surface area contributed by atoms with Crippen LogP contribution in [0.3, 0.4) is 0 Å². The lowest BCUT2D eigenvalue weighted by molar-refractivity contribution is -0.121. The van der Waals surface area contributed by atoms with E-state index in [1.54, 1.807) is 13.2 Å². The van der Waals surface area contributed by atoms with E-state index in [-0.39, 0.29) is 11.9 Å². The van der Waals surface area contributed by atoms with E-state index >= 15 is 0 Å². The van der Waals surface area contributed by atoms with Crippen molar-refractivity contribution >= 4 is 5.91 Å². The monoisotopic (exact) mass is 299 g/mol. The van der Waals surface area contributed by atoms with Gasteiger partial charge in [0.2, 0.25) is 5.91 Å². The molecule has 2 aromatic heterocycles. The van der Waals surface area contributed by atoms with Crippen molar-refractivity contribution in [1.82, 2.24) is 25.0 Å². The van der Waals surface area contributed by atoms with Crippen LogP contribution in [0.5, 0.6) is 0 Å². The molecule has 1 unspecified atom stereocenters. The second-order valence-electron chi connectivity index (χ2n) is 5.74. The number of fused-ring (bicyclic) bond motifs is 1. The Labute approximate surface area is 130 Å². The van der Waals surface area contributed by atoms with Crippen LogP contribution in [0.25, 0.3) is 0 Å². The Morgan fingerprint density at radius 2 is 2.27 bits per heavy atom. The zero-order valence-electron chi connectivity index (χ0n) is 13.0. The Balaban J connectivity index is 1.76. The van der Waals surface area contributed by atoms with E-state index in [4.69, 9.17) is 0 Å². The maximum absolute atomic E-state index is 11.7. The third kappa shape index (κ3) is 3.17. The summed E-state index contributed by atoms with van der Waals surface area (Å²) in [5.74, 6) is 0.0435. The topological polar surface area (TPSA) is 63.1 Å². The van der Waals surface area contributed by atoms with Crippen molar-refractivity contribution < 1.29 is 4.79 Å². The fraction of sp³-hybridized carbons (Fsp3) is 0.438. The molecule has 0 saturated heterocycles. The Bertz CT molecular complexity index is 666. The molecule has 1 atom stereocenters. The van der Waals surface area contributed by atoms with Gasteiger partial charge in [-0.3, -0.25) is 19.4 Å². The number of aromatic nitrogens is 3. The van der Waals surface area contributed by atoms with Crippen LogP contribution >= 0.6 is 0 Å². The van der Waals surface area contributed by atoms with Gasteiger partial charge in [0, 0.05) is 38.6 Å². The number of nitrogens with one attached hydrogen (secondary N) is 1. The van der Waals surface area contributed by atoms with Gasteiger partial charge >= 0.3 is 0 Å². The lowest BCUT2D eigenvalue weighted by atomic mass is 10.1. The summed E-state index contributed by atoms with van der Waals surface area (Å²) < 4.78 is 1.98. The molecule has 3 rings (SSSR count). The van der Waals surface area contributed by atoms with Crippen LogP contribution in [0.2, 0.25) is 0 Å². The second-order valence-corrected chi connectivity index (χ2v) is 5.74. The van der Waals surface area contributed by atoms with Crippen molar-refractivity contribution in [2.75, 3.05) is 13.6 Å². The molecule has 3 heterocycles. The third-order valence-electron chi connectivity index (χ3n) is 3.98. The Kier molecular flexibility index (Phi) is 4.20. The number of nitrogens with zero attached hydrogens (tertiary/aromatic N) is 4. The van der Waals surface area contributed by atoms with E-state index in [1.165, 1.54) is 0 Å². The molecule has 22 heavy (non-hydrogen) atoms. The molecular weight excluding hydrogens is 278 g/mol. The fourth-order valence-electron chi connectivity index (χ4n) is 2.97. The molecule has 1 aliphatic heterocycles. The normalized spacial score (nSPS) is 18.0. The molecule has 0 radical (unpaired) electrons. The molecule has 0 aromatic carbocycles. The number of carbonyl (C=O) groups excluding carboxylic acids is 1. The highest BCUT2D eigenvalue weighted by atomic mass is 16.1. The van der Waals surface area contributed by atoms with Crippen molar-refractivity contribution in [3.63, 3.8) is 0 Å². The highest BCUT2D eigenvalue weighted by molar-refractivity contribution is 5.76. The summed E-state index contributed by atoms with van der Waals surface area (Å²) in [7, 11) is 1.67. The number of rotatable bonds is 4. The molecule has 1 amide bonds. The van der Waals surface area contributed by atoms with Crippen LogP contribution in [0.1, 0.15) is 29.5 Å². The van der Waals surface area contributed by atoms with Gasteiger partial charge in [0.15, 0.2) is 0 Å². The number of pyridine rings is 1. The lowest BCUT2D eigenvalue weighted by Crippen LogP contribution is -2.39. The highest BCUT2D eigenvalue weighted by Gasteiger charge is 2.27.